The molecule has 6 heteroatoms. The number of hydrogen-bond donors (Lipinski definition) is 2. The van der Waals surface area contributed by atoms with Gasteiger partial charge in [-0.3, -0.25) is 0 Å². The van der Waals surface area contributed by atoms with Crippen LogP contribution in [0.5, 0.6) is 0 Å². The molecule has 1 aromatic heterocycles. The molecule has 1 heterocycles. The summed E-state index contributed by atoms with van der Waals surface area (Å²) in [4.78, 5) is 1.06. The Morgan fingerprint density at radius 1 is 1.42 bits per heavy atom. The number of hydrogen-bond acceptors (Lipinski definition) is 4. The third-order valence-electron chi connectivity index (χ3n) is 2.84. The zero-order chi connectivity index (χ0) is 14.7. The number of nitrogens with one attached hydrogen (secondary N) is 1. The molecule has 0 saturated heterocycles. The van der Waals surface area contributed by atoms with Crippen molar-refractivity contribution in [2.45, 2.75) is 50.8 Å². The van der Waals surface area contributed by atoms with Crippen LogP contribution in [0.2, 0.25) is 0 Å². The number of aliphatic hydroxyl groups is 1. The summed E-state index contributed by atoms with van der Waals surface area (Å²) in [6.07, 6.45) is 0.960. The van der Waals surface area contributed by atoms with Crippen molar-refractivity contribution in [3.8, 4) is 0 Å². The molecule has 0 radical (unpaired) electrons. The van der Waals surface area contributed by atoms with Gasteiger partial charge in [0.1, 0.15) is 4.21 Å². The van der Waals surface area contributed by atoms with Gasteiger partial charge in [0.05, 0.1) is 6.10 Å². The Labute approximate surface area is 119 Å². The molecule has 0 aliphatic rings. The van der Waals surface area contributed by atoms with Crippen molar-refractivity contribution < 1.29 is 13.5 Å². The summed E-state index contributed by atoms with van der Waals surface area (Å²) in [6.45, 7) is 7.91. The van der Waals surface area contributed by atoms with Crippen LogP contribution in [-0.4, -0.2) is 26.2 Å². The SMILES string of the molecule is CCc1ccc(S(=O)(=O)NCC(C)(C)C[C@@H](C)O)s1. The van der Waals surface area contributed by atoms with Crippen LogP contribution in [-0.2, 0) is 16.4 Å². The monoisotopic (exact) mass is 305 g/mol. The van der Waals surface area contributed by atoms with Crippen LogP contribution < -0.4 is 4.72 Å². The maximum atomic E-state index is 12.1. The number of thiophene rings is 1. The second-order valence-corrected chi connectivity index (χ2v) is 8.78. The lowest BCUT2D eigenvalue weighted by atomic mass is 9.87. The summed E-state index contributed by atoms with van der Waals surface area (Å²) in [5.74, 6) is 0. The van der Waals surface area contributed by atoms with Crippen molar-refractivity contribution in [3.05, 3.63) is 17.0 Å². The van der Waals surface area contributed by atoms with Crippen LogP contribution in [0.3, 0.4) is 0 Å². The summed E-state index contributed by atoms with van der Waals surface area (Å²) in [6, 6.07) is 3.49. The molecule has 0 amide bonds. The molecule has 1 rings (SSSR count). The molecule has 110 valence electrons. The van der Waals surface area contributed by atoms with Gasteiger partial charge in [0.25, 0.3) is 0 Å². The molecule has 0 unspecified atom stereocenters. The fourth-order valence-corrected chi connectivity index (χ4v) is 4.51. The fraction of sp³-hybridized carbons (Fsp3) is 0.692. The Morgan fingerprint density at radius 3 is 2.53 bits per heavy atom. The largest absolute Gasteiger partial charge is 0.393 e. The highest BCUT2D eigenvalue weighted by molar-refractivity contribution is 7.91. The minimum absolute atomic E-state index is 0.272. The van der Waals surface area contributed by atoms with E-state index < -0.39 is 16.1 Å². The van der Waals surface area contributed by atoms with Crippen molar-refractivity contribution in [3.63, 3.8) is 0 Å². The summed E-state index contributed by atoms with van der Waals surface area (Å²) >= 11 is 1.30. The Bertz CT molecular complexity index is 504. The van der Waals surface area contributed by atoms with Crippen molar-refractivity contribution in [1.29, 1.82) is 0 Å². The number of rotatable bonds is 7. The van der Waals surface area contributed by atoms with Crippen LogP contribution in [0.1, 0.15) is 39.0 Å². The quantitative estimate of drug-likeness (QED) is 0.813. The molecule has 4 nitrogen and oxygen atoms in total. The maximum Gasteiger partial charge on any atom is 0.250 e. The van der Waals surface area contributed by atoms with Crippen molar-refractivity contribution >= 4 is 21.4 Å². The summed E-state index contributed by atoms with van der Waals surface area (Å²) in [5.41, 5.74) is -0.272. The molecule has 0 bridgehead atoms. The molecule has 19 heavy (non-hydrogen) atoms. The van der Waals surface area contributed by atoms with Gasteiger partial charge in [0, 0.05) is 11.4 Å². The molecule has 0 aromatic carbocycles. The second kappa shape index (κ2) is 6.35. The van der Waals surface area contributed by atoms with Gasteiger partial charge in [0.2, 0.25) is 10.0 Å². The Kier molecular flexibility index (Phi) is 5.55. The van der Waals surface area contributed by atoms with Gasteiger partial charge in [-0.15, -0.1) is 11.3 Å². The van der Waals surface area contributed by atoms with Crippen LogP contribution in [0, 0.1) is 5.41 Å². The Balaban J connectivity index is 2.70. The average molecular weight is 305 g/mol. The summed E-state index contributed by atoms with van der Waals surface area (Å²) in [5, 5.41) is 9.39. The molecule has 0 saturated carbocycles. The first kappa shape index (κ1) is 16.6. The predicted molar refractivity (Wildman–Crippen MR) is 79.0 cm³/mol. The fourth-order valence-electron chi connectivity index (χ4n) is 1.93. The smallest absolute Gasteiger partial charge is 0.250 e. The summed E-state index contributed by atoms with van der Waals surface area (Å²) in [7, 11) is -3.43. The lowest BCUT2D eigenvalue weighted by Gasteiger charge is -2.26. The van der Waals surface area contributed by atoms with E-state index in [0.29, 0.717) is 17.2 Å². The molecule has 1 atom stereocenters. The first-order valence-electron chi connectivity index (χ1n) is 6.43. The zero-order valence-corrected chi connectivity index (χ0v) is 13.6. The lowest BCUT2D eigenvalue weighted by Crippen LogP contribution is -2.35. The van der Waals surface area contributed by atoms with Gasteiger partial charge in [-0.05, 0) is 37.3 Å². The van der Waals surface area contributed by atoms with E-state index in [4.69, 9.17) is 0 Å². The van der Waals surface area contributed by atoms with Gasteiger partial charge in [-0.1, -0.05) is 20.8 Å². The van der Waals surface area contributed by atoms with Gasteiger partial charge in [-0.2, -0.15) is 0 Å². The minimum Gasteiger partial charge on any atom is -0.393 e. The van der Waals surface area contributed by atoms with E-state index in [1.807, 2.05) is 26.8 Å². The topological polar surface area (TPSA) is 66.4 Å². The maximum absolute atomic E-state index is 12.1. The first-order chi connectivity index (χ1) is 8.66. The molecule has 1 aromatic rings. The molecular weight excluding hydrogens is 282 g/mol. The van der Waals surface area contributed by atoms with E-state index >= 15 is 0 Å². The first-order valence-corrected chi connectivity index (χ1v) is 8.73. The van der Waals surface area contributed by atoms with E-state index in [-0.39, 0.29) is 5.41 Å². The molecule has 0 spiro atoms. The number of sulfonamides is 1. The van der Waals surface area contributed by atoms with Gasteiger partial charge < -0.3 is 5.11 Å². The molecule has 0 aliphatic heterocycles. The van der Waals surface area contributed by atoms with Crippen molar-refractivity contribution in [2.75, 3.05) is 6.54 Å². The molecule has 0 fully saturated rings. The number of aliphatic hydroxyl groups excluding tert-OH is 1. The average Bonchev–Trinajstić information content (AvgIpc) is 2.74. The molecule has 0 aliphatic carbocycles. The zero-order valence-electron chi connectivity index (χ0n) is 11.9. The van der Waals surface area contributed by atoms with Crippen molar-refractivity contribution in [1.82, 2.24) is 4.72 Å². The van der Waals surface area contributed by atoms with E-state index in [9.17, 15) is 13.5 Å². The van der Waals surface area contributed by atoms with Crippen LogP contribution in [0.15, 0.2) is 16.3 Å². The van der Waals surface area contributed by atoms with E-state index in [1.54, 1.807) is 13.0 Å². The standard InChI is InChI=1S/C13H23NO3S2/c1-5-11-6-7-12(18-11)19(16,17)14-9-13(3,4)8-10(2)15/h6-7,10,14-15H,5,8-9H2,1-4H3/t10-/m1/s1. The highest BCUT2D eigenvalue weighted by atomic mass is 32.2. The predicted octanol–water partition coefficient (Wildman–Crippen LogP) is 2.39. The van der Waals surface area contributed by atoms with Gasteiger partial charge in [-0.25, -0.2) is 13.1 Å². The minimum atomic E-state index is -3.43. The van der Waals surface area contributed by atoms with Crippen molar-refractivity contribution in [2.24, 2.45) is 5.41 Å². The van der Waals surface area contributed by atoms with Crippen LogP contribution in [0.25, 0.3) is 0 Å². The second-order valence-electron chi connectivity index (χ2n) is 5.62. The van der Waals surface area contributed by atoms with E-state index in [2.05, 4.69) is 4.72 Å². The third kappa shape index (κ3) is 5.22. The van der Waals surface area contributed by atoms with Crippen LogP contribution >= 0.6 is 11.3 Å². The normalized spacial score (nSPS) is 14.6. The molecule has 2 N–H and O–H groups in total. The highest BCUT2D eigenvalue weighted by Gasteiger charge is 2.24. The Hall–Kier alpha value is -0.430. The van der Waals surface area contributed by atoms with E-state index in [1.165, 1.54) is 11.3 Å². The lowest BCUT2D eigenvalue weighted by molar-refractivity contribution is 0.131. The molecular formula is C13H23NO3S2. The highest BCUT2D eigenvalue weighted by Crippen LogP contribution is 2.25. The van der Waals surface area contributed by atoms with E-state index in [0.717, 1.165) is 11.3 Å². The van der Waals surface area contributed by atoms with Gasteiger partial charge in [0.15, 0.2) is 0 Å². The van der Waals surface area contributed by atoms with Crippen LogP contribution in [0.4, 0.5) is 0 Å². The third-order valence-corrected chi connectivity index (χ3v) is 5.96. The number of aryl methyl sites for hydroxylation is 1. The Morgan fingerprint density at radius 2 is 2.05 bits per heavy atom. The van der Waals surface area contributed by atoms with Gasteiger partial charge >= 0.3 is 0 Å². The summed E-state index contributed by atoms with van der Waals surface area (Å²) < 4.78 is 27.2.